The summed E-state index contributed by atoms with van der Waals surface area (Å²) in [6.45, 7) is 0. The standard InChI is InChI=1S/C21H13N7/c1-3-8-14(9-4-1)17-23-25-20-21-26-24-18(15-10-5-2-6-11-15)28(21)19-16(27(17)20)12-7-13-22-19/h1-13H. The molecule has 0 aliphatic heterocycles. The van der Waals surface area contributed by atoms with E-state index in [1.54, 1.807) is 6.20 Å². The zero-order chi connectivity index (χ0) is 18.5. The third-order valence-corrected chi connectivity index (χ3v) is 4.81. The Labute approximate surface area is 158 Å². The maximum atomic E-state index is 4.64. The molecule has 0 spiro atoms. The third-order valence-electron chi connectivity index (χ3n) is 4.81. The fourth-order valence-electron chi connectivity index (χ4n) is 3.57. The van der Waals surface area contributed by atoms with Crippen LogP contribution in [-0.4, -0.2) is 34.2 Å². The van der Waals surface area contributed by atoms with Crippen LogP contribution in [0.1, 0.15) is 0 Å². The van der Waals surface area contributed by atoms with E-state index in [-0.39, 0.29) is 0 Å². The van der Waals surface area contributed by atoms with Crippen LogP contribution in [0.25, 0.3) is 45.2 Å². The normalized spacial score (nSPS) is 11.6. The molecule has 28 heavy (non-hydrogen) atoms. The van der Waals surface area contributed by atoms with Crippen molar-refractivity contribution in [1.82, 2.24) is 34.2 Å². The molecule has 6 rings (SSSR count). The highest BCUT2D eigenvalue weighted by Gasteiger charge is 2.20. The number of aromatic nitrogens is 7. The summed E-state index contributed by atoms with van der Waals surface area (Å²) in [5, 5.41) is 17.8. The van der Waals surface area contributed by atoms with Gasteiger partial charge in [0.2, 0.25) is 11.3 Å². The van der Waals surface area contributed by atoms with E-state index in [0.29, 0.717) is 11.3 Å². The lowest BCUT2D eigenvalue weighted by Crippen LogP contribution is -2.01. The SMILES string of the molecule is c1ccc(-c2nnc3c4nnc(-c5ccccc5)n4c4ncccc4n23)cc1. The van der Waals surface area contributed by atoms with Crippen molar-refractivity contribution in [3.8, 4) is 22.8 Å². The summed E-state index contributed by atoms with van der Waals surface area (Å²) in [7, 11) is 0. The van der Waals surface area contributed by atoms with Gasteiger partial charge in [0, 0.05) is 17.3 Å². The molecule has 0 unspecified atom stereocenters. The van der Waals surface area contributed by atoms with Crippen LogP contribution in [0, 0.1) is 0 Å². The van der Waals surface area contributed by atoms with Crippen LogP contribution in [0.3, 0.4) is 0 Å². The van der Waals surface area contributed by atoms with Crippen LogP contribution >= 0.6 is 0 Å². The van der Waals surface area contributed by atoms with Crippen molar-refractivity contribution in [2.45, 2.75) is 0 Å². The number of fused-ring (bicyclic) bond motifs is 6. The Kier molecular flexibility index (Phi) is 3.04. The van der Waals surface area contributed by atoms with Gasteiger partial charge < -0.3 is 0 Å². The molecule has 0 aliphatic rings. The second-order valence-corrected chi connectivity index (χ2v) is 6.44. The first-order valence-electron chi connectivity index (χ1n) is 8.89. The maximum Gasteiger partial charge on any atom is 0.208 e. The molecular formula is C21H13N7. The van der Waals surface area contributed by atoms with Gasteiger partial charge in [0.15, 0.2) is 17.3 Å². The van der Waals surface area contributed by atoms with Gasteiger partial charge >= 0.3 is 0 Å². The van der Waals surface area contributed by atoms with E-state index in [1.165, 1.54) is 0 Å². The summed E-state index contributed by atoms with van der Waals surface area (Å²) in [6.07, 6.45) is 1.77. The van der Waals surface area contributed by atoms with Crippen molar-refractivity contribution in [2.24, 2.45) is 0 Å². The first-order valence-corrected chi connectivity index (χ1v) is 8.89. The Bertz CT molecular complexity index is 1340. The summed E-state index contributed by atoms with van der Waals surface area (Å²) < 4.78 is 3.94. The van der Waals surface area contributed by atoms with Gasteiger partial charge in [0.25, 0.3) is 0 Å². The number of nitrogens with zero attached hydrogens (tertiary/aromatic N) is 7. The maximum absolute atomic E-state index is 4.64. The monoisotopic (exact) mass is 363 g/mol. The average molecular weight is 363 g/mol. The molecule has 0 N–H and O–H groups in total. The Hall–Kier alpha value is -4.13. The minimum atomic E-state index is 0.625. The van der Waals surface area contributed by atoms with Crippen molar-refractivity contribution in [3.63, 3.8) is 0 Å². The predicted octanol–water partition coefficient (Wildman–Crippen LogP) is 3.65. The van der Waals surface area contributed by atoms with E-state index in [1.807, 2.05) is 81.6 Å². The molecule has 0 atom stereocenters. The fraction of sp³-hybridized carbons (Fsp3) is 0. The molecule has 7 heteroatoms. The van der Waals surface area contributed by atoms with Crippen LogP contribution in [0.5, 0.6) is 0 Å². The first kappa shape index (κ1) is 15.0. The van der Waals surface area contributed by atoms with Crippen LogP contribution < -0.4 is 0 Å². The number of hydrogen-bond donors (Lipinski definition) is 0. The lowest BCUT2D eigenvalue weighted by molar-refractivity contribution is 1.10. The molecule has 0 fully saturated rings. The molecule has 0 saturated carbocycles. The lowest BCUT2D eigenvalue weighted by atomic mass is 10.2. The second kappa shape index (κ2) is 5.68. The van der Waals surface area contributed by atoms with E-state index in [9.17, 15) is 0 Å². The lowest BCUT2D eigenvalue weighted by Gasteiger charge is -2.08. The summed E-state index contributed by atoms with van der Waals surface area (Å²) in [6, 6.07) is 23.9. The molecular weight excluding hydrogens is 350 g/mol. The van der Waals surface area contributed by atoms with Crippen molar-refractivity contribution in [1.29, 1.82) is 0 Å². The Morgan fingerprint density at radius 2 is 1.07 bits per heavy atom. The van der Waals surface area contributed by atoms with Crippen LogP contribution in [0.2, 0.25) is 0 Å². The molecule has 0 amide bonds. The van der Waals surface area contributed by atoms with Gasteiger partial charge in [0.05, 0.1) is 5.52 Å². The Morgan fingerprint density at radius 3 is 1.71 bits per heavy atom. The van der Waals surface area contributed by atoms with E-state index < -0.39 is 0 Å². The summed E-state index contributed by atoms with van der Waals surface area (Å²) >= 11 is 0. The van der Waals surface area contributed by atoms with Crippen molar-refractivity contribution in [3.05, 3.63) is 79.0 Å². The number of rotatable bonds is 2. The molecule has 0 saturated heterocycles. The minimum Gasteiger partial charge on any atom is -0.268 e. The Morgan fingerprint density at radius 1 is 0.500 bits per heavy atom. The largest absolute Gasteiger partial charge is 0.268 e. The highest BCUT2D eigenvalue weighted by Crippen LogP contribution is 2.28. The molecule has 132 valence electrons. The molecule has 2 aromatic carbocycles. The van der Waals surface area contributed by atoms with Crippen molar-refractivity contribution >= 4 is 22.5 Å². The van der Waals surface area contributed by atoms with Crippen LogP contribution in [0.15, 0.2) is 79.0 Å². The molecule has 0 bridgehead atoms. The van der Waals surface area contributed by atoms with Gasteiger partial charge in [-0.25, -0.2) is 4.98 Å². The molecule has 0 aliphatic carbocycles. The Balaban J connectivity index is 1.80. The van der Waals surface area contributed by atoms with Crippen LogP contribution in [-0.2, 0) is 0 Å². The van der Waals surface area contributed by atoms with E-state index in [2.05, 4.69) is 25.4 Å². The number of benzene rings is 2. The van der Waals surface area contributed by atoms with E-state index >= 15 is 0 Å². The summed E-state index contributed by atoms with van der Waals surface area (Å²) in [5.41, 5.74) is 4.87. The van der Waals surface area contributed by atoms with Gasteiger partial charge in [-0.05, 0) is 12.1 Å². The van der Waals surface area contributed by atoms with Gasteiger partial charge in [-0.2, -0.15) is 0 Å². The summed E-state index contributed by atoms with van der Waals surface area (Å²) in [5.74, 6) is 1.48. The summed E-state index contributed by atoms with van der Waals surface area (Å²) in [4.78, 5) is 4.64. The molecule has 7 nitrogen and oxygen atoms in total. The van der Waals surface area contributed by atoms with E-state index in [4.69, 9.17) is 0 Å². The highest BCUT2D eigenvalue weighted by molar-refractivity contribution is 5.87. The number of pyridine rings is 1. The molecule has 4 heterocycles. The third kappa shape index (κ3) is 2.01. The van der Waals surface area contributed by atoms with Crippen LogP contribution in [0.4, 0.5) is 0 Å². The minimum absolute atomic E-state index is 0.625. The molecule has 6 aromatic rings. The predicted molar refractivity (Wildman–Crippen MR) is 106 cm³/mol. The topological polar surface area (TPSA) is 73.3 Å². The van der Waals surface area contributed by atoms with Gasteiger partial charge in [-0.1, -0.05) is 60.7 Å². The zero-order valence-electron chi connectivity index (χ0n) is 14.6. The van der Waals surface area contributed by atoms with Gasteiger partial charge in [0.1, 0.15) is 0 Å². The molecule has 0 radical (unpaired) electrons. The van der Waals surface area contributed by atoms with Crippen molar-refractivity contribution < 1.29 is 0 Å². The van der Waals surface area contributed by atoms with Gasteiger partial charge in [-0.15, -0.1) is 20.4 Å². The first-order chi connectivity index (χ1) is 13.9. The second-order valence-electron chi connectivity index (χ2n) is 6.44. The smallest absolute Gasteiger partial charge is 0.208 e. The average Bonchev–Trinajstić information content (AvgIpc) is 3.40. The highest BCUT2D eigenvalue weighted by atomic mass is 15.3. The van der Waals surface area contributed by atoms with E-state index in [0.717, 1.165) is 33.9 Å². The zero-order valence-corrected chi connectivity index (χ0v) is 14.6. The van der Waals surface area contributed by atoms with Crippen molar-refractivity contribution in [2.75, 3.05) is 0 Å². The number of hydrogen-bond acceptors (Lipinski definition) is 5. The quantitative estimate of drug-likeness (QED) is 0.469. The van der Waals surface area contributed by atoms with Gasteiger partial charge in [-0.3, -0.25) is 8.80 Å². The molecule has 4 aromatic heterocycles. The fourth-order valence-corrected chi connectivity index (χ4v) is 3.57.